The summed E-state index contributed by atoms with van der Waals surface area (Å²) >= 11 is 5.97. The van der Waals surface area contributed by atoms with Crippen LogP contribution in [0, 0.1) is 0 Å². The van der Waals surface area contributed by atoms with E-state index in [1.807, 2.05) is 0 Å². The SMILES string of the molecule is C=CCN1CCN(C(=O)C2=NN(c3ccc(Cl)cc3)c3ncccc3S2(=O)=O)CC1. The molecule has 1 saturated heterocycles. The van der Waals surface area contributed by atoms with Crippen molar-refractivity contribution in [3.63, 3.8) is 0 Å². The van der Waals surface area contributed by atoms with E-state index in [0.717, 1.165) is 6.54 Å². The maximum Gasteiger partial charge on any atom is 0.286 e. The van der Waals surface area contributed by atoms with Gasteiger partial charge < -0.3 is 4.90 Å². The highest BCUT2D eigenvalue weighted by Gasteiger charge is 2.41. The number of nitrogens with zero attached hydrogens (tertiary/aromatic N) is 5. The lowest BCUT2D eigenvalue weighted by molar-refractivity contribution is -0.125. The van der Waals surface area contributed by atoms with E-state index in [2.05, 4.69) is 21.6 Å². The van der Waals surface area contributed by atoms with Crippen LogP contribution in [0.4, 0.5) is 11.5 Å². The Kier molecular flexibility index (Phi) is 5.59. The molecule has 30 heavy (non-hydrogen) atoms. The molecule has 0 aliphatic carbocycles. The molecule has 0 atom stereocenters. The number of carbonyl (C=O) groups excluding carboxylic acids is 1. The van der Waals surface area contributed by atoms with Crippen LogP contribution >= 0.6 is 11.6 Å². The summed E-state index contributed by atoms with van der Waals surface area (Å²) in [6.07, 6.45) is 3.29. The molecule has 2 aliphatic rings. The van der Waals surface area contributed by atoms with Crippen LogP contribution in [0.15, 0.2) is 65.2 Å². The fourth-order valence-electron chi connectivity index (χ4n) is 3.42. The molecule has 1 amide bonds. The molecule has 1 fully saturated rings. The number of hydrogen-bond acceptors (Lipinski definition) is 7. The number of hydrogen-bond donors (Lipinski definition) is 0. The van der Waals surface area contributed by atoms with Crippen molar-refractivity contribution in [1.29, 1.82) is 0 Å². The van der Waals surface area contributed by atoms with Gasteiger partial charge in [-0.1, -0.05) is 17.7 Å². The van der Waals surface area contributed by atoms with Crippen molar-refractivity contribution < 1.29 is 13.2 Å². The number of hydrazone groups is 1. The van der Waals surface area contributed by atoms with Gasteiger partial charge in [0.15, 0.2) is 5.82 Å². The molecule has 1 aromatic carbocycles. The maximum atomic E-state index is 13.2. The van der Waals surface area contributed by atoms with Gasteiger partial charge in [0.25, 0.3) is 5.91 Å². The van der Waals surface area contributed by atoms with E-state index in [-0.39, 0.29) is 10.7 Å². The highest BCUT2D eigenvalue weighted by atomic mass is 35.5. The lowest BCUT2D eigenvalue weighted by Gasteiger charge is -2.35. The molecular formula is C20H20ClN5O3S. The third-order valence-electron chi connectivity index (χ3n) is 4.99. The summed E-state index contributed by atoms with van der Waals surface area (Å²) in [6, 6.07) is 9.68. The van der Waals surface area contributed by atoms with Crippen molar-refractivity contribution in [2.75, 3.05) is 37.7 Å². The molecule has 4 rings (SSSR count). The first kappa shape index (κ1) is 20.5. The number of benzene rings is 1. The van der Waals surface area contributed by atoms with Crippen LogP contribution in [0.5, 0.6) is 0 Å². The second-order valence-electron chi connectivity index (χ2n) is 6.90. The van der Waals surface area contributed by atoms with Gasteiger partial charge in [0.2, 0.25) is 14.9 Å². The first-order valence-corrected chi connectivity index (χ1v) is 11.2. The van der Waals surface area contributed by atoms with Gasteiger partial charge in [-0.05, 0) is 36.4 Å². The Balaban J connectivity index is 1.72. The predicted octanol–water partition coefficient (Wildman–Crippen LogP) is 2.30. The summed E-state index contributed by atoms with van der Waals surface area (Å²) in [6.45, 7) is 6.58. The summed E-state index contributed by atoms with van der Waals surface area (Å²) in [5.41, 5.74) is 0.551. The van der Waals surface area contributed by atoms with Gasteiger partial charge in [-0.25, -0.2) is 18.4 Å². The van der Waals surface area contributed by atoms with Crippen LogP contribution in [0.3, 0.4) is 0 Å². The number of amides is 1. The van der Waals surface area contributed by atoms with Crippen molar-refractivity contribution in [3.05, 3.63) is 60.3 Å². The molecule has 156 valence electrons. The quantitative estimate of drug-likeness (QED) is 0.671. The Morgan fingerprint density at radius 2 is 1.83 bits per heavy atom. The Labute approximate surface area is 180 Å². The predicted molar refractivity (Wildman–Crippen MR) is 116 cm³/mol. The Bertz CT molecular complexity index is 1110. The molecule has 3 heterocycles. The highest BCUT2D eigenvalue weighted by molar-refractivity contribution is 8.08. The first-order chi connectivity index (χ1) is 14.4. The van der Waals surface area contributed by atoms with Crippen LogP contribution in [0.2, 0.25) is 5.02 Å². The molecule has 0 spiro atoms. The third-order valence-corrected chi connectivity index (χ3v) is 6.90. The van der Waals surface area contributed by atoms with E-state index in [1.54, 1.807) is 30.3 Å². The van der Waals surface area contributed by atoms with E-state index in [1.165, 1.54) is 28.2 Å². The zero-order chi connectivity index (χ0) is 21.3. The maximum absolute atomic E-state index is 13.2. The first-order valence-electron chi connectivity index (χ1n) is 9.39. The van der Waals surface area contributed by atoms with Crippen molar-refractivity contribution in [2.24, 2.45) is 5.10 Å². The van der Waals surface area contributed by atoms with Gasteiger partial charge in [0, 0.05) is 43.9 Å². The molecule has 0 radical (unpaired) electrons. The Hall–Kier alpha value is -2.75. The summed E-state index contributed by atoms with van der Waals surface area (Å²) < 4.78 is 26.4. The fraction of sp³-hybridized carbons (Fsp3) is 0.250. The lowest BCUT2D eigenvalue weighted by Crippen LogP contribution is -2.52. The number of aromatic nitrogens is 1. The monoisotopic (exact) mass is 445 g/mol. The highest BCUT2D eigenvalue weighted by Crippen LogP contribution is 2.35. The minimum absolute atomic E-state index is 0.0522. The van der Waals surface area contributed by atoms with Crippen LogP contribution in [-0.4, -0.2) is 66.9 Å². The van der Waals surface area contributed by atoms with Crippen LogP contribution in [0.25, 0.3) is 0 Å². The minimum atomic E-state index is -4.11. The standard InChI is InChI=1S/C20H20ClN5O3S/c1-2-10-24-11-13-25(14-12-24)20(27)19-23-26(16-7-5-15(21)6-8-16)18-17(30(19,28)29)4-3-9-22-18/h2-9H,1,10-14H2. The number of carbonyl (C=O) groups is 1. The van der Waals surface area contributed by atoms with E-state index in [9.17, 15) is 13.2 Å². The van der Waals surface area contributed by atoms with Crippen molar-refractivity contribution in [2.45, 2.75) is 4.90 Å². The van der Waals surface area contributed by atoms with Crippen LogP contribution < -0.4 is 5.01 Å². The van der Waals surface area contributed by atoms with Gasteiger partial charge in [-0.15, -0.1) is 11.7 Å². The minimum Gasteiger partial charge on any atom is -0.334 e. The van der Waals surface area contributed by atoms with Crippen molar-refractivity contribution in [3.8, 4) is 0 Å². The summed E-state index contributed by atoms with van der Waals surface area (Å²) in [7, 11) is -4.11. The topological polar surface area (TPSA) is 86.2 Å². The molecule has 8 nitrogen and oxygen atoms in total. The number of piperazine rings is 1. The number of halogens is 1. The summed E-state index contributed by atoms with van der Waals surface area (Å²) in [5, 5.41) is 5.64. The lowest BCUT2D eigenvalue weighted by atomic mass is 10.3. The van der Waals surface area contributed by atoms with Crippen LogP contribution in [0.1, 0.15) is 0 Å². The number of pyridine rings is 1. The average Bonchev–Trinajstić information content (AvgIpc) is 2.75. The van der Waals surface area contributed by atoms with E-state index < -0.39 is 20.8 Å². The molecule has 10 heteroatoms. The van der Waals surface area contributed by atoms with Crippen molar-refractivity contribution >= 4 is 43.9 Å². The van der Waals surface area contributed by atoms with E-state index in [0.29, 0.717) is 36.9 Å². The number of rotatable bonds is 4. The molecule has 0 N–H and O–H groups in total. The molecular weight excluding hydrogens is 426 g/mol. The van der Waals surface area contributed by atoms with Gasteiger partial charge in [-0.2, -0.15) is 0 Å². The molecule has 1 aromatic heterocycles. The molecule has 0 saturated carbocycles. The summed E-state index contributed by atoms with van der Waals surface area (Å²) in [4.78, 5) is 21.0. The van der Waals surface area contributed by atoms with Gasteiger partial charge in [0.1, 0.15) is 4.90 Å². The number of sulfone groups is 1. The third kappa shape index (κ3) is 3.71. The fourth-order valence-corrected chi connectivity index (χ4v) is 4.94. The van der Waals surface area contributed by atoms with Crippen LogP contribution in [-0.2, 0) is 14.6 Å². The Morgan fingerprint density at radius 1 is 1.13 bits per heavy atom. The van der Waals surface area contributed by atoms with Crippen molar-refractivity contribution in [1.82, 2.24) is 14.8 Å². The van der Waals surface area contributed by atoms with E-state index in [4.69, 9.17) is 11.6 Å². The van der Waals surface area contributed by atoms with Gasteiger partial charge in [0.05, 0.1) is 5.69 Å². The zero-order valence-electron chi connectivity index (χ0n) is 16.1. The second kappa shape index (κ2) is 8.17. The normalized spacial score (nSPS) is 18.5. The average molecular weight is 446 g/mol. The van der Waals surface area contributed by atoms with E-state index >= 15 is 0 Å². The molecule has 2 aromatic rings. The smallest absolute Gasteiger partial charge is 0.286 e. The number of fused-ring (bicyclic) bond motifs is 1. The van der Waals surface area contributed by atoms with Gasteiger partial charge >= 0.3 is 0 Å². The second-order valence-corrected chi connectivity index (χ2v) is 9.17. The van der Waals surface area contributed by atoms with Gasteiger partial charge in [-0.3, -0.25) is 9.69 Å². The largest absolute Gasteiger partial charge is 0.334 e. The molecule has 0 unspecified atom stereocenters. The zero-order valence-corrected chi connectivity index (χ0v) is 17.7. The molecule has 2 aliphatic heterocycles. The molecule has 0 bridgehead atoms. The number of anilines is 2. The summed E-state index contributed by atoms with van der Waals surface area (Å²) in [5.74, 6) is -0.464. The Morgan fingerprint density at radius 3 is 2.50 bits per heavy atom.